The summed E-state index contributed by atoms with van der Waals surface area (Å²) in [7, 11) is 2.76. The number of aliphatic hydroxyl groups is 4. The molecule has 0 spiro atoms. The van der Waals surface area contributed by atoms with Crippen LogP contribution in [-0.4, -0.2) is 89.8 Å². The Morgan fingerprint density at radius 1 is 0.889 bits per heavy atom. The first-order valence-corrected chi connectivity index (χ1v) is 8.44. The van der Waals surface area contributed by atoms with Crippen LogP contribution in [0.15, 0.2) is 12.1 Å². The molecule has 10 nitrogen and oxygen atoms in total. The van der Waals surface area contributed by atoms with Crippen LogP contribution in [0.3, 0.4) is 0 Å². The molecule has 2 heterocycles. The molecule has 0 bridgehead atoms. The minimum atomic E-state index is -1.36. The van der Waals surface area contributed by atoms with Gasteiger partial charge < -0.3 is 49.2 Å². The minimum absolute atomic E-state index is 0.139. The van der Waals surface area contributed by atoms with E-state index in [1.807, 2.05) is 0 Å². The summed E-state index contributed by atoms with van der Waals surface area (Å²) in [5.74, 6) is 0.0896. The van der Waals surface area contributed by atoms with Gasteiger partial charge in [-0.25, -0.2) is 0 Å². The molecule has 0 radical (unpaired) electrons. The number of methoxy groups -OCH3 is 2. The fraction of sp³-hybridized carbons (Fsp3) is 0.647. The molecule has 2 fully saturated rings. The fourth-order valence-electron chi connectivity index (χ4n) is 3.33. The molecule has 0 saturated carbocycles. The van der Waals surface area contributed by atoms with E-state index in [9.17, 15) is 25.5 Å². The van der Waals surface area contributed by atoms with Crippen LogP contribution in [0.1, 0.15) is 11.7 Å². The second-order valence-corrected chi connectivity index (χ2v) is 6.36. The quantitative estimate of drug-likeness (QED) is 0.411. The van der Waals surface area contributed by atoms with Crippen molar-refractivity contribution in [2.75, 3.05) is 27.4 Å². The Morgan fingerprint density at radius 2 is 1.48 bits per heavy atom. The molecule has 152 valence electrons. The zero-order valence-corrected chi connectivity index (χ0v) is 14.9. The van der Waals surface area contributed by atoms with Gasteiger partial charge in [0.05, 0.1) is 27.4 Å². The number of phenolic OH excluding ortho intramolecular Hbond substituents is 1. The monoisotopic (exact) mass is 388 g/mol. The van der Waals surface area contributed by atoms with Gasteiger partial charge in [0.1, 0.15) is 36.6 Å². The van der Waals surface area contributed by atoms with Crippen molar-refractivity contribution in [3.63, 3.8) is 0 Å². The second-order valence-electron chi connectivity index (χ2n) is 6.36. The summed E-state index contributed by atoms with van der Waals surface area (Å²) in [6, 6.07) is 3.01. The summed E-state index contributed by atoms with van der Waals surface area (Å²) in [5, 5.41) is 49.4. The third-order valence-corrected chi connectivity index (χ3v) is 4.79. The van der Waals surface area contributed by atoms with Gasteiger partial charge in [-0.3, -0.25) is 0 Å². The summed E-state index contributed by atoms with van der Waals surface area (Å²) >= 11 is 0. The first-order valence-electron chi connectivity index (χ1n) is 8.44. The van der Waals surface area contributed by atoms with Gasteiger partial charge in [0.2, 0.25) is 5.75 Å². The fourth-order valence-corrected chi connectivity index (χ4v) is 3.33. The third-order valence-electron chi connectivity index (χ3n) is 4.79. The van der Waals surface area contributed by atoms with Crippen LogP contribution in [0, 0.1) is 0 Å². The van der Waals surface area contributed by atoms with Crippen molar-refractivity contribution in [1.29, 1.82) is 0 Å². The van der Waals surface area contributed by atoms with Gasteiger partial charge >= 0.3 is 0 Å². The summed E-state index contributed by atoms with van der Waals surface area (Å²) in [5.41, 5.74) is 0.476. The van der Waals surface area contributed by atoms with Gasteiger partial charge in [0.25, 0.3) is 0 Å². The molecule has 1 aromatic carbocycles. The summed E-state index contributed by atoms with van der Waals surface area (Å²) in [6.07, 6.45) is -7.62. The average molecular weight is 388 g/mol. The highest BCUT2D eigenvalue weighted by Gasteiger charge is 2.51. The van der Waals surface area contributed by atoms with Gasteiger partial charge in [0, 0.05) is 0 Å². The Morgan fingerprint density at radius 3 is 2.00 bits per heavy atom. The average Bonchev–Trinajstić information content (AvgIpc) is 2.70. The van der Waals surface area contributed by atoms with Crippen molar-refractivity contribution in [2.45, 2.75) is 42.9 Å². The molecule has 5 unspecified atom stereocenters. The van der Waals surface area contributed by atoms with E-state index in [1.165, 1.54) is 26.4 Å². The predicted octanol–water partition coefficient (Wildman–Crippen LogP) is -1.33. The van der Waals surface area contributed by atoms with Crippen LogP contribution in [0.4, 0.5) is 0 Å². The number of fused-ring (bicyclic) bond motifs is 1. The molecule has 0 aromatic heterocycles. The molecule has 0 amide bonds. The minimum Gasteiger partial charge on any atom is -0.502 e. The molecule has 2 aliphatic rings. The third kappa shape index (κ3) is 3.57. The van der Waals surface area contributed by atoms with E-state index in [4.69, 9.17) is 23.7 Å². The Balaban J connectivity index is 1.92. The Hall–Kier alpha value is -1.66. The Labute approximate surface area is 155 Å². The molecule has 7 atom stereocenters. The highest BCUT2D eigenvalue weighted by Crippen LogP contribution is 2.43. The SMILES string of the molecule is COc1cc(C2OC3O[C@@H](CO)C(O)[C@H](O)C3OC2CO)cc(OC)c1O. The lowest BCUT2D eigenvalue weighted by molar-refractivity contribution is -0.371. The summed E-state index contributed by atoms with van der Waals surface area (Å²) in [6.45, 7) is -0.953. The number of aliphatic hydroxyl groups excluding tert-OH is 4. The summed E-state index contributed by atoms with van der Waals surface area (Å²) in [4.78, 5) is 0. The number of aromatic hydroxyl groups is 1. The van der Waals surface area contributed by atoms with E-state index in [2.05, 4.69) is 0 Å². The van der Waals surface area contributed by atoms with Crippen molar-refractivity contribution in [2.24, 2.45) is 0 Å². The van der Waals surface area contributed by atoms with Gasteiger partial charge in [-0.1, -0.05) is 0 Å². The molecular weight excluding hydrogens is 364 g/mol. The molecular formula is C17H24O10. The lowest BCUT2D eigenvalue weighted by Gasteiger charge is -2.48. The highest BCUT2D eigenvalue weighted by molar-refractivity contribution is 5.53. The van der Waals surface area contributed by atoms with Crippen molar-refractivity contribution in [1.82, 2.24) is 0 Å². The van der Waals surface area contributed by atoms with Gasteiger partial charge in [-0.05, 0) is 17.7 Å². The normalized spacial score (nSPS) is 36.1. The Kier molecular flexibility index (Phi) is 6.06. The van der Waals surface area contributed by atoms with Crippen molar-refractivity contribution >= 4 is 0 Å². The summed E-state index contributed by atoms with van der Waals surface area (Å²) < 4.78 is 27.4. The van der Waals surface area contributed by atoms with Crippen LogP contribution in [0.5, 0.6) is 17.2 Å². The molecule has 5 N–H and O–H groups in total. The van der Waals surface area contributed by atoms with Crippen LogP contribution in [-0.2, 0) is 14.2 Å². The zero-order valence-electron chi connectivity index (χ0n) is 14.9. The predicted molar refractivity (Wildman–Crippen MR) is 88.5 cm³/mol. The maximum atomic E-state index is 10.2. The lowest BCUT2D eigenvalue weighted by Crippen LogP contribution is -2.63. The standard InChI is InChI=1S/C17H24O10/c1-23-8-3-7(4-9(24-2)12(8)20)15-11(6-19)25-16-14(22)13(21)10(5-18)26-17(16)27-15/h3-4,10-11,13-22H,5-6H2,1-2H3/t10-,11?,13?,14-,15?,16?,17?/m0/s1. The first-order chi connectivity index (χ1) is 12.9. The second kappa shape index (κ2) is 8.15. The van der Waals surface area contributed by atoms with Crippen molar-refractivity contribution in [3.05, 3.63) is 17.7 Å². The molecule has 3 rings (SSSR count). The zero-order chi connectivity index (χ0) is 19.7. The van der Waals surface area contributed by atoms with Gasteiger partial charge in [0.15, 0.2) is 17.8 Å². The van der Waals surface area contributed by atoms with Crippen LogP contribution in [0.25, 0.3) is 0 Å². The lowest BCUT2D eigenvalue weighted by atomic mass is 9.95. The van der Waals surface area contributed by atoms with E-state index < -0.39 is 56.1 Å². The number of phenols is 1. The van der Waals surface area contributed by atoms with E-state index >= 15 is 0 Å². The maximum Gasteiger partial charge on any atom is 0.200 e. The molecule has 0 aliphatic carbocycles. The van der Waals surface area contributed by atoms with Gasteiger partial charge in [-0.15, -0.1) is 0 Å². The number of ether oxygens (including phenoxy) is 5. The van der Waals surface area contributed by atoms with Crippen LogP contribution in [0.2, 0.25) is 0 Å². The molecule has 10 heteroatoms. The van der Waals surface area contributed by atoms with Crippen molar-refractivity contribution < 1.29 is 49.2 Å². The maximum absolute atomic E-state index is 10.2. The van der Waals surface area contributed by atoms with E-state index in [0.29, 0.717) is 5.56 Å². The number of hydrogen-bond donors (Lipinski definition) is 5. The van der Waals surface area contributed by atoms with E-state index in [0.717, 1.165) is 0 Å². The van der Waals surface area contributed by atoms with E-state index in [-0.39, 0.29) is 17.2 Å². The topological polar surface area (TPSA) is 147 Å². The molecule has 2 aliphatic heterocycles. The first kappa shape index (κ1) is 20.1. The van der Waals surface area contributed by atoms with Crippen molar-refractivity contribution in [3.8, 4) is 17.2 Å². The number of rotatable bonds is 5. The number of benzene rings is 1. The molecule has 27 heavy (non-hydrogen) atoms. The molecule has 2 saturated heterocycles. The van der Waals surface area contributed by atoms with Crippen LogP contribution >= 0.6 is 0 Å². The van der Waals surface area contributed by atoms with Crippen LogP contribution < -0.4 is 9.47 Å². The number of hydrogen-bond acceptors (Lipinski definition) is 10. The smallest absolute Gasteiger partial charge is 0.200 e. The Bertz CT molecular complexity index is 628. The molecule has 1 aromatic rings. The highest BCUT2D eigenvalue weighted by atomic mass is 16.7. The largest absolute Gasteiger partial charge is 0.502 e. The van der Waals surface area contributed by atoms with E-state index in [1.54, 1.807) is 0 Å². The van der Waals surface area contributed by atoms with Gasteiger partial charge in [-0.2, -0.15) is 0 Å².